The van der Waals surface area contributed by atoms with Crippen molar-refractivity contribution >= 4 is 18.5 Å². The van der Waals surface area contributed by atoms with Gasteiger partial charge >= 0.3 is 6.09 Å². The van der Waals surface area contributed by atoms with E-state index in [1.54, 1.807) is 0 Å². The number of hydrogen-bond donors (Lipinski definition) is 2. The van der Waals surface area contributed by atoms with Crippen LogP contribution in [0.25, 0.3) is 0 Å². The maximum absolute atomic E-state index is 11.4. The number of ether oxygens (including phenoxy) is 1. The fourth-order valence-electron chi connectivity index (χ4n) is 1.84. The lowest BCUT2D eigenvalue weighted by Crippen LogP contribution is -2.35. The molecule has 4 nitrogen and oxygen atoms in total. The SMILES string of the molecule is CC(C)(C)OC(=O)NCC1CCCNCC1.Cl. The summed E-state index contributed by atoms with van der Waals surface area (Å²) in [7, 11) is 0. The Morgan fingerprint density at radius 3 is 2.71 bits per heavy atom. The number of amides is 1. The molecule has 1 atom stereocenters. The van der Waals surface area contributed by atoms with Gasteiger partial charge in [0.25, 0.3) is 0 Å². The molecule has 102 valence electrons. The van der Waals surface area contributed by atoms with E-state index in [9.17, 15) is 4.79 Å². The molecule has 1 fully saturated rings. The molecule has 0 bridgehead atoms. The number of hydrogen-bond acceptors (Lipinski definition) is 3. The molecule has 0 aromatic rings. The van der Waals surface area contributed by atoms with Crippen LogP contribution in [0.15, 0.2) is 0 Å². The quantitative estimate of drug-likeness (QED) is 0.805. The highest BCUT2D eigenvalue weighted by Crippen LogP contribution is 2.12. The zero-order valence-electron chi connectivity index (χ0n) is 11.0. The van der Waals surface area contributed by atoms with Crippen LogP contribution in [-0.4, -0.2) is 31.3 Å². The summed E-state index contributed by atoms with van der Waals surface area (Å²) in [6.07, 6.45) is 3.21. The van der Waals surface area contributed by atoms with E-state index in [4.69, 9.17) is 4.74 Å². The summed E-state index contributed by atoms with van der Waals surface area (Å²) in [6, 6.07) is 0. The van der Waals surface area contributed by atoms with Crippen molar-refractivity contribution in [2.75, 3.05) is 19.6 Å². The van der Waals surface area contributed by atoms with E-state index in [-0.39, 0.29) is 18.5 Å². The van der Waals surface area contributed by atoms with Crippen LogP contribution in [0, 0.1) is 5.92 Å². The first kappa shape index (κ1) is 16.5. The van der Waals surface area contributed by atoms with Crippen LogP contribution in [0.4, 0.5) is 4.79 Å². The van der Waals surface area contributed by atoms with Crippen LogP contribution in [0.3, 0.4) is 0 Å². The molecule has 0 aromatic heterocycles. The smallest absolute Gasteiger partial charge is 0.407 e. The van der Waals surface area contributed by atoms with Crippen LogP contribution in [0.2, 0.25) is 0 Å². The minimum atomic E-state index is -0.408. The second kappa shape index (κ2) is 7.77. The molecule has 1 saturated heterocycles. The van der Waals surface area contributed by atoms with Crippen molar-refractivity contribution in [1.29, 1.82) is 0 Å². The number of carbonyl (C=O) groups excluding carboxylic acids is 1. The Morgan fingerprint density at radius 2 is 2.06 bits per heavy atom. The topological polar surface area (TPSA) is 50.4 Å². The van der Waals surface area contributed by atoms with Gasteiger partial charge in [-0.2, -0.15) is 0 Å². The Labute approximate surface area is 110 Å². The van der Waals surface area contributed by atoms with Gasteiger partial charge in [-0.05, 0) is 59.0 Å². The van der Waals surface area contributed by atoms with Crippen molar-refractivity contribution in [2.45, 2.75) is 45.6 Å². The average Bonchev–Trinajstić information content (AvgIpc) is 2.39. The van der Waals surface area contributed by atoms with Crippen LogP contribution >= 0.6 is 12.4 Å². The van der Waals surface area contributed by atoms with Gasteiger partial charge in [-0.15, -0.1) is 12.4 Å². The van der Waals surface area contributed by atoms with E-state index < -0.39 is 5.60 Å². The lowest BCUT2D eigenvalue weighted by molar-refractivity contribution is 0.0518. The van der Waals surface area contributed by atoms with Crippen molar-refractivity contribution in [3.05, 3.63) is 0 Å². The van der Waals surface area contributed by atoms with E-state index in [2.05, 4.69) is 10.6 Å². The maximum Gasteiger partial charge on any atom is 0.407 e. The first-order chi connectivity index (χ1) is 7.47. The lowest BCUT2D eigenvalue weighted by Gasteiger charge is -2.21. The molecule has 1 rings (SSSR count). The number of carbonyl (C=O) groups is 1. The summed E-state index contributed by atoms with van der Waals surface area (Å²) in [5, 5.41) is 6.21. The molecule has 1 unspecified atom stereocenters. The van der Waals surface area contributed by atoms with Gasteiger partial charge in [-0.3, -0.25) is 0 Å². The van der Waals surface area contributed by atoms with Crippen molar-refractivity contribution in [2.24, 2.45) is 5.92 Å². The van der Waals surface area contributed by atoms with Gasteiger partial charge in [-0.25, -0.2) is 4.79 Å². The van der Waals surface area contributed by atoms with E-state index in [1.807, 2.05) is 20.8 Å². The van der Waals surface area contributed by atoms with Crippen molar-refractivity contribution in [3.63, 3.8) is 0 Å². The van der Waals surface area contributed by atoms with Gasteiger partial charge in [0.2, 0.25) is 0 Å². The zero-order chi connectivity index (χ0) is 12.0. The fraction of sp³-hybridized carbons (Fsp3) is 0.917. The monoisotopic (exact) mass is 264 g/mol. The number of halogens is 1. The van der Waals surface area contributed by atoms with Gasteiger partial charge in [0.05, 0.1) is 0 Å². The minimum Gasteiger partial charge on any atom is -0.444 e. The van der Waals surface area contributed by atoms with Gasteiger partial charge in [-0.1, -0.05) is 0 Å². The molecule has 0 aromatic carbocycles. The largest absolute Gasteiger partial charge is 0.444 e. The number of alkyl carbamates (subject to hydrolysis) is 1. The van der Waals surface area contributed by atoms with E-state index in [0.717, 1.165) is 26.1 Å². The number of rotatable bonds is 2. The normalized spacial score (nSPS) is 21.0. The molecule has 1 aliphatic heterocycles. The van der Waals surface area contributed by atoms with E-state index >= 15 is 0 Å². The third-order valence-electron chi connectivity index (χ3n) is 2.63. The predicted molar refractivity (Wildman–Crippen MR) is 71.7 cm³/mol. The molecule has 1 amide bonds. The summed E-state index contributed by atoms with van der Waals surface area (Å²) >= 11 is 0. The molecule has 0 saturated carbocycles. The lowest BCUT2D eigenvalue weighted by atomic mass is 10.0. The Balaban J connectivity index is 0.00000256. The third kappa shape index (κ3) is 8.27. The average molecular weight is 265 g/mol. The van der Waals surface area contributed by atoms with E-state index in [0.29, 0.717) is 5.92 Å². The highest BCUT2D eigenvalue weighted by Gasteiger charge is 2.17. The van der Waals surface area contributed by atoms with Gasteiger partial charge in [0.1, 0.15) is 5.60 Å². The molecule has 1 heterocycles. The van der Waals surface area contributed by atoms with Crippen LogP contribution in [-0.2, 0) is 4.74 Å². The highest BCUT2D eigenvalue weighted by atomic mass is 35.5. The Bertz CT molecular complexity index is 221. The Kier molecular flexibility index (Phi) is 7.55. The van der Waals surface area contributed by atoms with Crippen molar-refractivity contribution < 1.29 is 9.53 Å². The van der Waals surface area contributed by atoms with Crippen molar-refractivity contribution in [1.82, 2.24) is 10.6 Å². The van der Waals surface area contributed by atoms with Gasteiger partial charge in [0.15, 0.2) is 0 Å². The third-order valence-corrected chi connectivity index (χ3v) is 2.63. The van der Waals surface area contributed by atoms with E-state index in [1.165, 1.54) is 12.8 Å². The summed E-state index contributed by atoms with van der Waals surface area (Å²) in [5.74, 6) is 0.586. The predicted octanol–water partition coefficient (Wildman–Crippen LogP) is 2.32. The zero-order valence-corrected chi connectivity index (χ0v) is 11.9. The summed E-state index contributed by atoms with van der Waals surface area (Å²) in [5.41, 5.74) is -0.408. The second-order valence-corrected chi connectivity index (χ2v) is 5.43. The van der Waals surface area contributed by atoms with Crippen LogP contribution in [0.5, 0.6) is 0 Å². The molecule has 1 aliphatic rings. The molecule has 0 radical (unpaired) electrons. The molecule has 17 heavy (non-hydrogen) atoms. The standard InChI is InChI=1S/C12H24N2O2.ClH/c1-12(2,3)16-11(15)14-9-10-5-4-7-13-8-6-10;/h10,13H,4-9H2,1-3H3,(H,14,15);1H. The summed E-state index contributed by atoms with van der Waals surface area (Å²) in [6.45, 7) is 8.52. The van der Waals surface area contributed by atoms with Crippen molar-refractivity contribution in [3.8, 4) is 0 Å². The minimum absolute atomic E-state index is 0. The first-order valence-electron chi connectivity index (χ1n) is 6.15. The highest BCUT2D eigenvalue weighted by molar-refractivity contribution is 5.85. The van der Waals surface area contributed by atoms with Gasteiger partial charge in [0, 0.05) is 6.54 Å². The molecule has 0 aliphatic carbocycles. The Hall–Kier alpha value is -0.480. The first-order valence-corrected chi connectivity index (χ1v) is 6.15. The molecule has 5 heteroatoms. The molecular formula is C12H25ClN2O2. The Morgan fingerprint density at radius 1 is 1.35 bits per heavy atom. The fourth-order valence-corrected chi connectivity index (χ4v) is 1.84. The molecule has 0 spiro atoms. The van der Waals surface area contributed by atoms with Crippen LogP contribution in [0.1, 0.15) is 40.0 Å². The molecule has 2 N–H and O–H groups in total. The maximum atomic E-state index is 11.4. The number of nitrogens with one attached hydrogen (secondary N) is 2. The van der Waals surface area contributed by atoms with Gasteiger partial charge < -0.3 is 15.4 Å². The second-order valence-electron chi connectivity index (χ2n) is 5.43. The summed E-state index contributed by atoms with van der Waals surface area (Å²) in [4.78, 5) is 11.4. The van der Waals surface area contributed by atoms with Crippen LogP contribution < -0.4 is 10.6 Å². The summed E-state index contributed by atoms with van der Waals surface area (Å²) < 4.78 is 5.19. The molecular weight excluding hydrogens is 240 g/mol.